The standard InChI is InChI=1S/C9H14N4O2/c1-12-8(14)6-7(11-9(12)10)13-2-4-15-5-3-13/h6H,2-5H2,1H3,(H2,10,11). The van der Waals surface area contributed by atoms with Gasteiger partial charge >= 0.3 is 0 Å². The van der Waals surface area contributed by atoms with E-state index in [9.17, 15) is 4.79 Å². The van der Waals surface area contributed by atoms with Gasteiger partial charge in [0.2, 0.25) is 5.95 Å². The van der Waals surface area contributed by atoms with Gasteiger partial charge in [-0.3, -0.25) is 9.36 Å². The minimum absolute atomic E-state index is 0.135. The summed E-state index contributed by atoms with van der Waals surface area (Å²) in [6.45, 7) is 2.83. The lowest BCUT2D eigenvalue weighted by Crippen LogP contribution is -2.38. The zero-order valence-corrected chi connectivity index (χ0v) is 8.64. The molecular weight excluding hydrogens is 196 g/mol. The van der Waals surface area contributed by atoms with E-state index in [-0.39, 0.29) is 11.5 Å². The molecule has 2 N–H and O–H groups in total. The van der Waals surface area contributed by atoms with Gasteiger partial charge in [0, 0.05) is 26.2 Å². The van der Waals surface area contributed by atoms with Gasteiger partial charge in [0.05, 0.1) is 13.2 Å². The fourth-order valence-electron chi connectivity index (χ4n) is 1.50. The number of morpholine rings is 1. The summed E-state index contributed by atoms with van der Waals surface area (Å²) in [5.74, 6) is 0.878. The van der Waals surface area contributed by atoms with Crippen LogP contribution in [0.25, 0.3) is 0 Å². The first-order chi connectivity index (χ1) is 7.18. The number of hydrogen-bond donors (Lipinski definition) is 1. The quantitative estimate of drug-likeness (QED) is 0.657. The molecule has 0 aromatic carbocycles. The Kier molecular flexibility index (Phi) is 2.59. The Morgan fingerprint density at radius 3 is 2.73 bits per heavy atom. The molecule has 0 aliphatic carbocycles. The molecule has 1 fully saturated rings. The average molecular weight is 210 g/mol. The molecule has 0 radical (unpaired) electrons. The summed E-state index contributed by atoms with van der Waals surface area (Å²) in [5, 5.41) is 0. The summed E-state index contributed by atoms with van der Waals surface area (Å²) in [4.78, 5) is 17.7. The predicted octanol–water partition coefficient (Wildman–Crippen LogP) is -0.801. The summed E-state index contributed by atoms with van der Waals surface area (Å²) < 4.78 is 6.54. The van der Waals surface area contributed by atoms with Crippen molar-refractivity contribution < 1.29 is 4.74 Å². The topological polar surface area (TPSA) is 73.4 Å². The van der Waals surface area contributed by atoms with E-state index in [4.69, 9.17) is 10.5 Å². The predicted molar refractivity (Wildman–Crippen MR) is 56.9 cm³/mol. The van der Waals surface area contributed by atoms with Gasteiger partial charge in [-0.25, -0.2) is 0 Å². The summed E-state index contributed by atoms with van der Waals surface area (Å²) in [7, 11) is 1.60. The van der Waals surface area contributed by atoms with Crippen LogP contribution in [0.3, 0.4) is 0 Å². The Labute approximate surface area is 87.3 Å². The number of rotatable bonds is 1. The second-order valence-corrected chi connectivity index (χ2v) is 3.47. The van der Waals surface area contributed by atoms with Crippen molar-refractivity contribution in [2.75, 3.05) is 36.9 Å². The minimum atomic E-state index is -0.135. The molecular formula is C9H14N4O2. The Hall–Kier alpha value is -1.56. The largest absolute Gasteiger partial charge is 0.378 e. The molecule has 1 aromatic rings. The number of nitrogen functional groups attached to an aromatic ring is 1. The highest BCUT2D eigenvalue weighted by Crippen LogP contribution is 2.11. The van der Waals surface area contributed by atoms with Crippen LogP contribution < -0.4 is 16.2 Å². The monoisotopic (exact) mass is 210 g/mol. The second-order valence-electron chi connectivity index (χ2n) is 3.47. The SMILES string of the molecule is Cn1c(N)nc(N2CCOCC2)cc1=O. The molecule has 0 bridgehead atoms. The lowest BCUT2D eigenvalue weighted by molar-refractivity contribution is 0.122. The van der Waals surface area contributed by atoms with Crippen molar-refractivity contribution in [2.45, 2.75) is 0 Å². The van der Waals surface area contributed by atoms with Crippen LogP contribution in [0.1, 0.15) is 0 Å². The van der Waals surface area contributed by atoms with Crippen LogP contribution in [-0.2, 0) is 11.8 Å². The molecule has 0 amide bonds. The number of nitrogens with two attached hydrogens (primary N) is 1. The molecule has 0 atom stereocenters. The van der Waals surface area contributed by atoms with Crippen LogP contribution in [0.5, 0.6) is 0 Å². The lowest BCUT2D eigenvalue weighted by atomic mass is 10.4. The minimum Gasteiger partial charge on any atom is -0.378 e. The lowest BCUT2D eigenvalue weighted by Gasteiger charge is -2.27. The van der Waals surface area contributed by atoms with Gasteiger partial charge in [0.15, 0.2) is 0 Å². The van der Waals surface area contributed by atoms with E-state index < -0.39 is 0 Å². The van der Waals surface area contributed by atoms with E-state index in [0.717, 1.165) is 13.1 Å². The van der Waals surface area contributed by atoms with E-state index in [1.165, 1.54) is 10.6 Å². The van der Waals surface area contributed by atoms with Crippen molar-refractivity contribution in [1.82, 2.24) is 9.55 Å². The maximum Gasteiger partial charge on any atom is 0.256 e. The van der Waals surface area contributed by atoms with E-state index in [1.54, 1.807) is 7.05 Å². The molecule has 2 heterocycles. The maximum atomic E-state index is 11.5. The second kappa shape index (κ2) is 3.90. The molecule has 1 aromatic heterocycles. The van der Waals surface area contributed by atoms with Gasteiger partial charge in [-0.1, -0.05) is 0 Å². The highest BCUT2D eigenvalue weighted by molar-refractivity contribution is 5.41. The van der Waals surface area contributed by atoms with Gasteiger partial charge in [0.1, 0.15) is 5.82 Å². The number of anilines is 2. The van der Waals surface area contributed by atoms with Crippen molar-refractivity contribution >= 4 is 11.8 Å². The fourth-order valence-corrected chi connectivity index (χ4v) is 1.50. The molecule has 1 aliphatic rings. The third kappa shape index (κ3) is 1.94. The molecule has 15 heavy (non-hydrogen) atoms. The molecule has 0 spiro atoms. The molecule has 6 nitrogen and oxygen atoms in total. The molecule has 2 rings (SSSR count). The van der Waals surface area contributed by atoms with Crippen LogP contribution in [0.4, 0.5) is 11.8 Å². The first-order valence-electron chi connectivity index (χ1n) is 4.85. The van der Waals surface area contributed by atoms with Crippen molar-refractivity contribution in [3.8, 4) is 0 Å². The number of aromatic nitrogens is 2. The fraction of sp³-hybridized carbons (Fsp3) is 0.556. The maximum absolute atomic E-state index is 11.5. The van der Waals surface area contributed by atoms with Crippen LogP contribution in [0, 0.1) is 0 Å². The van der Waals surface area contributed by atoms with Gasteiger partial charge in [-0.2, -0.15) is 4.98 Å². The zero-order valence-electron chi connectivity index (χ0n) is 8.64. The summed E-state index contributed by atoms with van der Waals surface area (Å²) in [5.41, 5.74) is 5.49. The van der Waals surface area contributed by atoms with E-state index in [1.807, 2.05) is 4.90 Å². The van der Waals surface area contributed by atoms with Gasteiger partial charge in [0.25, 0.3) is 5.56 Å². The van der Waals surface area contributed by atoms with Crippen molar-refractivity contribution in [3.63, 3.8) is 0 Å². The van der Waals surface area contributed by atoms with Crippen LogP contribution in [0.2, 0.25) is 0 Å². The summed E-state index contributed by atoms with van der Waals surface area (Å²) in [6.07, 6.45) is 0. The Balaban J connectivity index is 2.32. The average Bonchev–Trinajstić information content (AvgIpc) is 2.26. The van der Waals surface area contributed by atoms with Crippen molar-refractivity contribution in [1.29, 1.82) is 0 Å². The Morgan fingerprint density at radius 1 is 1.47 bits per heavy atom. The molecule has 1 aliphatic heterocycles. The van der Waals surface area contributed by atoms with Crippen molar-refractivity contribution in [2.24, 2.45) is 7.05 Å². The summed E-state index contributed by atoms with van der Waals surface area (Å²) in [6, 6.07) is 1.50. The Morgan fingerprint density at radius 2 is 2.13 bits per heavy atom. The molecule has 0 saturated carbocycles. The van der Waals surface area contributed by atoms with Crippen LogP contribution in [0.15, 0.2) is 10.9 Å². The van der Waals surface area contributed by atoms with E-state index in [2.05, 4.69) is 4.98 Å². The highest BCUT2D eigenvalue weighted by Gasteiger charge is 2.14. The first kappa shape index (κ1) is 9.97. The van der Waals surface area contributed by atoms with Gasteiger partial charge < -0.3 is 15.4 Å². The number of ether oxygens (including phenoxy) is 1. The molecule has 82 valence electrons. The smallest absolute Gasteiger partial charge is 0.256 e. The highest BCUT2D eigenvalue weighted by atomic mass is 16.5. The Bertz CT molecular complexity index is 409. The first-order valence-corrected chi connectivity index (χ1v) is 4.85. The normalized spacial score (nSPS) is 16.7. The third-order valence-electron chi connectivity index (χ3n) is 2.49. The van der Waals surface area contributed by atoms with E-state index in [0.29, 0.717) is 19.0 Å². The van der Waals surface area contributed by atoms with Gasteiger partial charge in [-0.15, -0.1) is 0 Å². The number of hydrogen-bond acceptors (Lipinski definition) is 5. The molecule has 1 saturated heterocycles. The van der Waals surface area contributed by atoms with Gasteiger partial charge in [-0.05, 0) is 0 Å². The summed E-state index contributed by atoms with van der Waals surface area (Å²) >= 11 is 0. The van der Waals surface area contributed by atoms with Crippen molar-refractivity contribution in [3.05, 3.63) is 16.4 Å². The zero-order chi connectivity index (χ0) is 10.8. The third-order valence-corrected chi connectivity index (χ3v) is 2.49. The van der Waals surface area contributed by atoms with E-state index >= 15 is 0 Å². The van der Waals surface area contributed by atoms with Crippen LogP contribution in [-0.4, -0.2) is 35.9 Å². The van der Waals surface area contributed by atoms with Crippen LogP contribution >= 0.6 is 0 Å². The molecule has 6 heteroatoms. The number of nitrogens with zero attached hydrogens (tertiary/aromatic N) is 3. The molecule has 0 unspecified atom stereocenters.